The van der Waals surface area contributed by atoms with Gasteiger partial charge in [0.25, 0.3) is 5.91 Å². The van der Waals surface area contributed by atoms with E-state index in [1.807, 2.05) is 12.1 Å². The average Bonchev–Trinajstić information content (AvgIpc) is 3.50. The van der Waals surface area contributed by atoms with Crippen LogP contribution in [0.25, 0.3) is 10.9 Å². The lowest BCUT2D eigenvalue weighted by Crippen LogP contribution is -2.35. The Morgan fingerprint density at radius 1 is 0.970 bits per heavy atom. The van der Waals surface area contributed by atoms with Gasteiger partial charge < -0.3 is 10.3 Å². The number of fused-ring (bicyclic) bond motifs is 1. The zero-order valence-corrected chi connectivity index (χ0v) is 19.9. The minimum absolute atomic E-state index is 0.113. The Bertz CT molecular complexity index is 1520. The molecular weight excluding hydrogens is 555 g/mol. The van der Waals surface area contributed by atoms with Gasteiger partial charge in [-0.15, -0.1) is 10.6 Å². The molecule has 9 nitrogen and oxygen atoms in total. The molecule has 5 N–H and O–H groups in total. The van der Waals surface area contributed by atoms with Crippen LogP contribution in [0, 0.1) is 3.57 Å². The van der Waals surface area contributed by atoms with E-state index < -0.39 is 15.7 Å². The number of carbonyl (C=O) groups excluding carboxylic acids is 1. The van der Waals surface area contributed by atoms with Crippen LogP contribution in [-0.2, 0) is 9.84 Å². The summed E-state index contributed by atoms with van der Waals surface area (Å²) in [4.78, 5) is 16.4. The monoisotopic (exact) mass is 572 g/mol. The Hall–Kier alpha value is -3.42. The third-order valence-electron chi connectivity index (χ3n) is 5.10. The number of hydrazine groups is 2. The maximum atomic E-state index is 13.2. The van der Waals surface area contributed by atoms with Gasteiger partial charge in [0.1, 0.15) is 5.69 Å². The molecule has 1 aromatic heterocycles. The first kappa shape index (κ1) is 21.4. The molecular formula is C22H17IN6O3S. The Labute approximate surface area is 202 Å². The predicted molar refractivity (Wildman–Crippen MR) is 133 cm³/mol. The van der Waals surface area contributed by atoms with E-state index in [1.165, 1.54) is 6.07 Å². The second-order valence-corrected chi connectivity index (χ2v) is 10.3. The summed E-state index contributed by atoms with van der Waals surface area (Å²) in [5, 5.41) is 7.61. The molecule has 33 heavy (non-hydrogen) atoms. The minimum Gasteiger partial charge on any atom is -0.349 e. The Morgan fingerprint density at radius 3 is 2.55 bits per heavy atom. The van der Waals surface area contributed by atoms with E-state index in [-0.39, 0.29) is 15.5 Å². The fraction of sp³-hybridized carbons (Fsp3) is 0. The standard InChI is InChI=1S/C22H17IN6O3S/c23-14-9-10-17(16(12-14)21-26-28-29-27-21)25-22(30)18-11-13-5-4-8-19(20(13)24-18)33(31,32)15-6-2-1-3-7-15/h1-12,24,28-29H,(H,25,30)(H,26,27). The van der Waals surface area contributed by atoms with Crippen molar-refractivity contribution in [2.45, 2.75) is 9.79 Å². The Kier molecular flexibility index (Phi) is 5.52. The van der Waals surface area contributed by atoms with Gasteiger partial charge in [-0.2, -0.15) is 0 Å². The summed E-state index contributed by atoms with van der Waals surface area (Å²) in [6.45, 7) is 0. The summed E-state index contributed by atoms with van der Waals surface area (Å²) in [6.07, 6.45) is 0. The highest BCUT2D eigenvalue weighted by Gasteiger charge is 2.23. The highest BCUT2D eigenvalue weighted by atomic mass is 127. The molecule has 1 aliphatic heterocycles. The SMILES string of the molecule is O=C(Nc1ccc(I)cc1C1=NNNN1)c1cc2cccc(S(=O)(=O)c3ccccc3)c2[nH]1. The fourth-order valence-electron chi connectivity index (χ4n) is 3.54. The summed E-state index contributed by atoms with van der Waals surface area (Å²) in [5.41, 5.74) is 10.0. The van der Waals surface area contributed by atoms with E-state index in [2.05, 4.69) is 54.5 Å². The van der Waals surface area contributed by atoms with Crippen molar-refractivity contribution in [3.8, 4) is 0 Å². The number of carbonyl (C=O) groups is 1. The molecule has 1 amide bonds. The number of halogens is 1. The number of nitrogens with zero attached hydrogens (tertiary/aromatic N) is 1. The van der Waals surface area contributed by atoms with Crippen LogP contribution in [0.3, 0.4) is 0 Å². The number of aromatic nitrogens is 1. The molecule has 4 aromatic rings. The lowest BCUT2D eigenvalue weighted by atomic mass is 10.1. The van der Waals surface area contributed by atoms with Gasteiger partial charge >= 0.3 is 0 Å². The molecule has 0 atom stereocenters. The lowest BCUT2D eigenvalue weighted by molar-refractivity contribution is 0.102. The average molecular weight is 572 g/mol. The molecule has 0 spiro atoms. The number of amidine groups is 1. The number of rotatable bonds is 5. The van der Waals surface area contributed by atoms with Gasteiger partial charge in [-0.1, -0.05) is 30.3 Å². The minimum atomic E-state index is -3.76. The van der Waals surface area contributed by atoms with Crippen LogP contribution in [0.5, 0.6) is 0 Å². The van der Waals surface area contributed by atoms with Crippen molar-refractivity contribution in [3.63, 3.8) is 0 Å². The van der Waals surface area contributed by atoms with E-state index in [1.54, 1.807) is 54.6 Å². The maximum absolute atomic E-state index is 13.2. The third kappa shape index (κ3) is 4.05. The first-order valence-electron chi connectivity index (χ1n) is 9.80. The Balaban J connectivity index is 1.51. The second kappa shape index (κ2) is 8.50. The highest BCUT2D eigenvalue weighted by Crippen LogP contribution is 2.29. The van der Waals surface area contributed by atoms with Gasteiger partial charge in [0.2, 0.25) is 9.84 Å². The van der Waals surface area contributed by atoms with Gasteiger partial charge in [0, 0.05) is 14.5 Å². The molecule has 0 unspecified atom stereocenters. The number of hydrogen-bond donors (Lipinski definition) is 5. The van der Waals surface area contributed by atoms with E-state index in [4.69, 9.17) is 0 Å². The van der Waals surface area contributed by atoms with Crippen molar-refractivity contribution < 1.29 is 13.2 Å². The van der Waals surface area contributed by atoms with Crippen molar-refractivity contribution >= 4 is 60.8 Å². The molecule has 3 aromatic carbocycles. The summed E-state index contributed by atoms with van der Waals surface area (Å²) in [6, 6.07) is 20.3. The zero-order valence-electron chi connectivity index (χ0n) is 16.9. The molecule has 1 aliphatic rings. The number of sulfone groups is 1. The van der Waals surface area contributed by atoms with Gasteiger partial charge in [-0.3, -0.25) is 10.2 Å². The summed E-state index contributed by atoms with van der Waals surface area (Å²) >= 11 is 2.18. The smallest absolute Gasteiger partial charge is 0.272 e. The van der Waals surface area contributed by atoms with Crippen molar-refractivity contribution in [2.24, 2.45) is 5.10 Å². The topological polar surface area (TPSA) is 127 Å². The summed E-state index contributed by atoms with van der Waals surface area (Å²) in [5.74, 6) is 0.118. The number of benzene rings is 3. The first-order valence-corrected chi connectivity index (χ1v) is 12.4. The van der Waals surface area contributed by atoms with E-state index in [0.717, 1.165) is 3.57 Å². The number of H-pyrrole nitrogens is 1. The number of para-hydroxylation sites is 1. The molecule has 166 valence electrons. The van der Waals surface area contributed by atoms with E-state index in [0.29, 0.717) is 28.0 Å². The Morgan fingerprint density at radius 2 is 1.79 bits per heavy atom. The van der Waals surface area contributed by atoms with Crippen molar-refractivity contribution in [3.05, 3.63) is 87.6 Å². The predicted octanol–water partition coefficient (Wildman–Crippen LogP) is 3.13. The maximum Gasteiger partial charge on any atom is 0.272 e. The van der Waals surface area contributed by atoms with Crippen LogP contribution in [-0.4, -0.2) is 25.1 Å². The van der Waals surface area contributed by atoms with Crippen molar-refractivity contribution in [1.29, 1.82) is 0 Å². The van der Waals surface area contributed by atoms with Crippen LogP contribution in [0.15, 0.2) is 87.7 Å². The number of aromatic amines is 1. The van der Waals surface area contributed by atoms with Crippen molar-refractivity contribution in [2.75, 3.05) is 5.32 Å². The highest BCUT2D eigenvalue weighted by molar-refractivity contribution is 14.1. The lowest BCUT2D eigenvalue weighted by Gasteiger charge is -2.11. The number of amides is 1. The van der Waals surface area contributed by atoms with Crippen LogP contribution in [0.1, 0.15) is 16.1 Å². The first-order chi connectivity index (χ1) is 15.9. The number of hydrazone groups is 1. The van der Waals surface area contributed by atoms with Gasteiger partial charge in [-0.05, 0) is 65.1 Å². The largest absolute Gasteiger partial charge is 0.349 e. The van der Waals surface area contributed by atoms with Gasteiger partial charge in [0.05, 0.1) is 21.0 Å². The molecule has 5 rings (SSSR count). The van der Waals surface area contributed by atoms with E-state index in [9.17, 15) is 13.2 Å². The normalized spacial score (nSPS) is 13.3. The van der Waals surface area contributed by atoms with Crippen LogP contribution in [0.2, 0.25) is 0 Å². The third-order valence-corrected chi connectivity index (χ3v) is 7.58. The van der Waals surface area contributed by atoms with Crippen LogP contribution in [0.4, 0.5) is 5.69 Å². The summed E-state index contributed by atoms with van der Waals surface area (Å²) in [7, 11) is -3.76. The molecule has 0 aliphatic carbocycles. The van der Waals surface area contributed by atoms with Crippen LogP contribution >= 0.6 is 22.6 Å². The fourth-order valence-corrected chi connectivity index (χ4v) is 5.49. The zero-order chi connectivity index (χ0) is 23.0. The summed E-state index contributed by atoms with van der Waals surface area (Å²) < 4.78 is 27.3. The van der Waals surface area contributed by atoms with Gasteiger partial charge in [0.15, 0.2) is 5.84 Å². The quantitative estimate of drug-likeness (QED) is 0.234. The number of anilines is 1. The van der Waals surface area contributed by atoms with Crippen LogP contribution < -0.4 is 21.8 Å². The molecule has 0 saturated heterocycles. The number of hydrogen-bond acceptors (Lipinski definition) is 7. The molecule has 0 radical (unpaired) electrons. The second-order valence-electron chi connectivity index (χ2n) is 7.19. The molecule has 0 bridgehead atoms. The molecule has 2 heterocycles. The molecule has 0 fully saturated rings. The number of nitrogens with one attached hydrogen (secondary N) is 5. The van der Waals surface area contributed by atoms with E-state index >= 15 is 0 Å². The van der Waals surface area contributed by atoms with Gasteiger partial charge in [-0.25, -0.2) is 14.0 Å². The molecule has 11 heteroatoms. The van der Waals surface area contributed by atoms with Crippen molar-refractivity contribution in [1.82, 2.24) is 21.5 Å². The molecule has 0 saturated carbocycles.